The summed E-state index contributed by atoms with van der Waals surface area (Å²) in [5.74, 6) is 0.974. The first-order valence-corrected chi connectivity index (χ1v) is 8.90. The quantitative estimate of drug-likeness (QED) is 0.843. The second kappa shape index (κ2) is 6.33. The van der Waals surface area contributed by atoms with Gasteiger partial charge >= 0.3 is 0 Å². The lowest BCUT2D eigenvalue weighted by Gasteiger charge is -2.53. The van der Waals surface area contributed by atoms with E-state index in [0.29, 0.717) is 5.54 Å². The van der Waals surface area contributed by atoms with Gasteiger partial charge in [-0.1, -0.05) is 12.8 Å². The highest BCUT2D eigenvalue weighted by Gasteiger charge is 2.44. The number of hydrogen-bond acceptors (Lipinski definition) is 3. The number of fused-ring (bicyclic) bond motifs is 1. The monoisotopic (exact) mass is 279 g/mol. The van der Waals surface area contributed by atoms with Crippen LogP contribution >= 0.6 is 0 Å². The number of nitrogens with zero attached hydrogens (tertiary/aromatic N) is 2. The molecule has 3 heteroatoms. The highest BCUT2D eigenvalue weighted by atomic mass is 15.3. The Morgan fingerprint density at radius 2 is 1.75 bits per heavy atom. The molecule has 2 heterocycles. The van der Waals surface area contributed by atoms with E-state index in [2.05, 4.69) is 16.8 Å². The molecule has 2 saturated heterocycles. The summed E-state index contributed by atoms with van der Waals surface area (Å²) >= 11 is 0. The van der Waals surface area contributed by atoms with Gasteiger partial charge in [0, 0.05) is 18.1 Å². The minimum absolute atomic E-state index is 0.311. The number of nitrogens with two attached hydrogens (primary N) is 1. The first kappa shape index (κ1) is 14.8. The maximum Gasteiger partial charge on any atom is 0.0347 e. The van der Waals surface area contributed by atoms with Gasteiger partial charge in [0.05, 0.1) is 0 Å². The van der Waals surface area contributed by atoms with Gasteiger partial charge in [0.25, 0.3) is 0 Å². The lowest BCUT2D eigenvalue weighted by molar-refractivity contribution is -0.0325. The van der Waals surface area contributed by atoms with Crippen molar-refractivity contribution in [2.24, 2.45) is 11.7 Å². The smallest absolute Gasteiger partial charge is 0.0347 e. The Morgan fingerprint density at radius 3 is 2.60 bits per heavy atom. The second-order valence-electron chi connectivity index (χ2n) is 7.53. The van der Waals surface area contributed by atoms with Crippen LogP contribution in [0.4, 0.5) is 0 Å². The third-order valence-electron chi connectivity index (χ3n) is 6.37. The summed E-state index contributed by atoms with van der Waals surface area (Å²) < 4.78 is 0. The summed E-state index contributed by atoms with van der Waals surface area (Å²) in [4.78, 5) is 5.40. The fourth-order valence-corrected chi connectivity index (χ4v) is 5.14. The van der Waals surface area contributed by atoms with Crippen molar-refractivity contribution in [3.63, 3.8) is 0 Å². The Hall–Kier alpha value is -0.120. The molecule has 1 unspecified atom stereocenters. The zero-order valence-electron chi connectivity index (χ0n) is 13.3. The number of piperidine rings is 1. The molecule has 20 heavy (non-hydrogen) atoms. The molecular weight excluding hydrogens is 246 g/mol. The molecule has 2 aliphatic heterocycles. The molecule has 0 amide bonds. The van der Waals surface area contributed by atoms with E-state index in [1.54, 1.807) is 0 Å². The fourth-order valence-electron chi connectivity index (χ4n) is 5.14. The molecule has 0 aromatic carbocycles. The van der Waals surface area contributed by atoms with Crippen molar-refractivity contribution in [2.75, 3.05) is 33.2 Å². The van der Waals surface area contributed by atoms with Gasteiger partial charge in [-0.05, 0) is 77.5 Å². The Labute approximate surface area is 124 Å². The van der Waals surface area contributed by atoms with Crippen molar-refractivity contribution in [3.8, 4) is 0 Å². The first-order chi connectivity index (χ1) is 9.75. The van der Waals surface area contributed by atoms with Crippen LogP contribution in [-0.4, -0.2) is 54.6 Å². The fraction of sp³-hybridized carbons (Fsp3) is 1.00. The Bertz CT molecular complexity index is 317. The highest BCUT2D eigenvalue weighted by Crippen LogP contribution is 2.41. The van der Waals surface area contributed by atoms with Crippen molar-refractivity contribution in [2.45, 2.75) is 69.4 Å². The predicted octanol–water partition coefficient (Wildman–Crippen LogP) is 2.45. The van der Waals surface area contributed by atoms with Gasteiger partial charge in [-0.25, -0.2) is 0 Å². The average Bonchev–Trinajstić information content (AvgIpc) is 2.69. The average molecular weight is 279 g/mol. The molecular formula is C17H33N3. The minimum Gasteiger partial charge on any atom is -0.329 e. The molecule has 0 bridgehead atoms. The van der Waals surface area contributed by atoms with Crippen LogP contribution in [0.1, 0.15) is 57.8 Å². The summed E-state index contributed by atoms with van der Waals surface area (Å²) in [6.45, 7) is 4.65. The Morgan fingerprint density at radius 1 is 0.950 bits per heavy atom. The van der Waals surface area contributed by atoms with Crippen LogP contribution in [0.2, 0.25) is 0 Å². The van der Waals surface area contributed by atoms with Gasteiger partial charge in [-0.15, -0.1) is 0 Å². The van der Waals surface area contributed by atoms with Gasteiger partial charge in [0.15, 0.2) is 0 Å². The predicted molar refractivity (Wildman–Crippen MR) is 84.8 cm³/mol. The van der Waals surface area contributed by atoms with E-state index in [1.165, 1.54) is 77.4 Å². The molecule has 1 aliphatic carbocycles. The van der Waals surface area contributed by atoms with E-state index >= 15 is 0 Å². The number of likely N-dealkylation sites (tertiary alicyclic amines) is 2. The van der Waals surface area contributed by atoms with Gasteiger partial charge in [-0.3, -0.25) is 4.90 Å². The number of hydrogen-bond donors (Lipinski definition) is 1. The van der Waals surface area contributed by atoms with Crippen molar-refractivity contribution >= 4 is 0 Å². The van der Waals surface area contributed by atoms with Crippen LogP contribution < -0.4 is 5.73 Å². The zero-order chi connectivity index (χ0) is 14.0. The maximum atomic E-state index is 6.35. The summed E-state index contributed by atoms with van der Waals surface area (Å²) in [6.07, 6.45) is 12.6. The molecule has 3 rings (SSSR count). The maximum absolute atomic E-state index is 6.35. The van der Waals surface area contributed by atoms with Gasteiger partial charge < -0.3 is 10.6 Å². The van der Waals surface area contributed by atoms with Crippen LogP contribution in [0.25, 0.3) is 0 Å². The highest BCUT2D eigenvalue weighted by molar-refractivity contribution is 5.01. The molecule has 116 valence electrons. The normalized spacial score (nSPS) is 41.1. The molecule has 3 fully saturated rings. The van der Waals surface area contributed by atoms with Crippen LogP contribution in [0.3, 0.4) is 0 Å². The molecule has 3 atom stereocenters. The van der Waals surface area contributed by atoms with Crippen LogP contribution in [0.5, 0.6) is 0 Å². The van der Waals surface area contributed by atoms with E-state index in [0.717, 1.165) is 18.5 Å². The minimum atomic E-state index is 0.311. The third kappa shape index (κ3) is 2.77. The van der Waals surface area contributed by atoms with Crippen molar-refractivity contribution in [3.05, 3.63) is 0 Å². The van der Waals surface area contributed by atoms with E-state index < -0.39 is 0 Å². The molecule has 3 nitrogen and oxygen atoms in total. The van der Waals surface area contributed by atoms with Gasteiger partial charge in [0.1, 0.15) is 0 Å². The lowest BCUT2D eigenvalue weighted by atomic mass is 9.74. The molecule has 0 radical (unpaired) electrons. The lowest BCUT2D eigenvalue weighted by Crippen LogP contribution is -2.62. The summed E-state index contributed by atoms with van der Waals surface area (Å²) in [5.41, 5.74) is 6.66. The zero-order valence-corrected chi connectivity index (χ0v) is 13.3. The SMILES string of the molecule is CN1CCCC(CN)(N2CCC[C@H]3CCCC[C@H]32)CC1. The molecule has 0 aromatic heterocycles. The van der Waals surface area contributed by atoms with Crippen LogP contribution in [0, 0.1) is 5.92 Å². The van der Waals surface area contributed by atoms with Crippen LogP contribution in [0.15, 0.2) is 0 Å². The van der Waals surface area contributed by atoms with Crippen molar-refractivity contribution in [1.29, 1.82) is 0 Å². The Balaban J connectivity index is 1.79. The summed E-state index contributed by atoms with van der Waals surface area (Å²) in [6, 6.07) is 0.851. The molecule has 0 aromatic rings. The summed E-state index contributed by atoms with van der Waals surface area (Å²) in [5, 5.41) is 0. The topological polar surface area (TPSA) is 32.5 Å². The standard InChI is InChI=1S/C17H33N3/c1-19-11-5-9-17(14-18,10-13-19)20-12-4-7-15-6-2-3-8-16(15)20/h15-16H,2-14,18H2,1H3/t15-,16-,17?/m1/s1. The van der Waals surface area contributed by atoms with Crippen molar-refractivity contribution in [1.82, 2.24) is 9.80 Å². The van der Waals surface area contributed by atoms with E-state index in [1.807, 2.05) is 0 Å². The molecule has 1 saturated carbocycles. The van der Waals surface area contributed by atoms with Gasteiger partial charge in [-0.2, -0.15) is 0 Å². The van der Waals surface area contributed by atoms with Gasteiger partial charge in [0.2, 0.25) is 0 Å². The molecule has 0 spiro atoms. The van der Waals surface area contributed by atoms with E-state index in [-0.39, 0.29) is 0 Å². The van der Waals surface area contributed by atoms with E-state index in [9.17, 15) is 0 Å². The summed E-state index contributed by atoms with van der Waals surface area (Å²) in [7, 11) is 2.27. The van der Waals surface area contributed by atoms with E-state index in [4.69, 9.17) is 5.73 Å². The number of rotatable bonds is 2. The first-order valence-electron chi connectivity index (χ1n) is 8.90. The molecule has 3 aliphatic rings. The largest absolute Gasteiger partial charge is 0.329 e. The third-order valence-corrected chi connectivity index (χ3v) is 6.37. The second-order valence-corrected chi connectivity index (χ2v) is 7.53. The molecule has 2 N–H and O–H groups in total. The van der Waals surface area contributed by atoms with Crippen LogP contribution in [-0.2, 0) is 0 Å². The van der Waals surface area contributed by atoms with Crippen molar-refractivity contribution < 1.29 is 0 Å². The Kier molecular flexibility index (Phi) is 4.68.